The Hall–Kier alpha value is -1.48. The number of benzene rings is 1. The second-order valence-electron chi connectivity index (χ2n) is 3.08. The van der Waals surface area contributed by atoms with Gasteiger partial charge in [-0.05, 0) is 44.1 Å². The topological polar surface area (TPSA) is 28.3 Å². The first-order valence-corrected chi connectivity index (χ1v) is 4.39. The van der Waals surface area contributed by atoms with E-state index in [0.29, 0.717) is 0 Å². The highest BCUT2D eigenvalue weighted by molar-refractivity contribution is 5.84. The molecule has 0 fully saturated rings. The van der Waals surface area contributed by atoms with E-state index in [-0.39, 0.29) is 16.7 Å². The molecule has 2 aromatic rings. The van der Waals surface area contributed by atoms with Gasteiger partial charge in [-0.1, -0.05) is 0 Å². The van der Waals surface area contributed by atoms with E-state index in [1.165, 1.54) is 12.1 Å². The van der Waals surface area contributed by atoms with Crippen molar-refractivity contribution in [1.29, 1.82) is 0 Å². The highest BCUT2D eigenvalue weighted by Gasteiger charge is 2.05. The first-order chi connectivity index (χ1) is 12.8. The number of aryl methyl sites for hydroxylation is 1. The maximum absolute atomic E-state index is 8.29. The lowest BCUT2D eigenvalue weighted by atomic mass is 10.1. The average molecular weight is 231 g/mol. The zero-order valence-electron chi connectivity index (χ0n) is 21.2. The molecule has 1 N–H and O–H groups in total. The number of H-pyrrole nitrogens is 1. The predicted molar refractivity (Wildman–Crippen MR) is 67.1 cm³/mol. The van der Waals surface area contributed by atoms with Gasteiger partial charge in [-0.2, -0.15) is 0 Å². The third-order valence-corrected chi connectivity index (χ3v) is 2.07. The Kier molecular flexibility index (Phi) is 0.933. The number of methoxy groups -OCH3 is 1. The Morgan fingerprint density at radius 3 is 3.25 bits per heavy atom. The number of aromatic nitrogens is 1. The predicted octanol–water partition coefficient (Wildman–Crippen LogP) is 2.28. The van der Waals surface area contributed by atoms with Gasteiger partial charge in [0.2, 0.25) is 0 Å². The van der Waals surface area contributed by atoms with Crippen molar-refractivity contribution in [3.8, 4) is 5.75 Å². The maximum Gasteiger partial charge on any atom is 0.119 e. The van der Waals surface area contributed by atoms with Crippen LogP contribution in [0.2, 0.25) is 0 Å². The monoisotopic (exact) mass is 231 g/mol. The van der Waals surface area contributed by atoms with Crippen LogP contribution in [0.1, 0.15) is 23.4 Å². The van der Waals surface area contributed by atoms with E-state index < -0.39 is 44.3 Å². The van der Waals surface area contributed by atoms with Gasteiger partial charge in [0.05, 0.1) is 11.2 Å². The first-order valence-electron chi connectivity index (χ1n) is 10.9. The molecule has 1 aromatic heterocycles. The fraction of sp³-hybridized carbons (Fsp3) is 0.385. The lowest BCUT2D eigenvalue weighted by molar-refractivity contribution is 0.413. The van der Waals surface area contributed by atoms with E-state index in [1.54, 1.807) is 0 Å². The molecule has 16 heavy (non-hydrogen) atoms. The summed E-state index contributed by atoms with van der Waals surface area (Å²) in [5, 5.41) is 0.0108. The normalized spacial score (nSPS) is 27.4. The van der Waals surface area contributed by atoms with Crippen LogP contribution in [0, 0.1) is 0 Å². The molecule has 1 heterocycles. The second-order valence-corrected chi connectivity index (χ2v) is 3.08. The molecule has 0 aliphatic rings. The van der Waals surface area contributed by atoms with Gasteiger partial charge in [0.1, 0.15) is 5.75 Å². The number of hydrogen-bond acceptors (Lipinski definition) is 2. The molecule has 0 saturated carbocycles. The average Bonchev–Trinajstić information content (AvgIpc) is 2.84. The van der Waals surface area contributed by atoms with Gasteiger partial charge in [0, 0.05) is 37.3 Å². The molecular weight excluding hydrogens is 200 g/mol. The van der Waals surface area contributed by atoms with Crippen LogP contribution in [0.4, 0.5) is 0 Å². The highest BCUT2D eigenvalue weighted by atomic mass is 16.5. The van der Waals surface area contributed by atoms with Crippen LogP contribution >= 0.6 is 0 Å². The molecule has 0 saturated heterocycles. The van der Waals surface area contributed by atoms with Gasteiger partial charge in [0.15, 0.2) is 0 Å². The van der Waals surface area contributed by atoms with Gasteiger partial charge in [-0.3, -0.25) is 0 Å². The summed E-state index contributed by atoms with van der Waals surface area (Å²) in [4.78, 5) is 2.21. The van der Waals surface area contributed by atoms with Gasteiger partial charge >= 0.3 is 0 Å². The molecule has 2 rings (SSSR count). The molecule has 86 valence electrons. The summed E-state index contributed by atoms with van der Waals surface area (Å²) in [6.07, 6.45) is -2.06. The van der Waals surface area contributed by atoms with Crippen molar-refractivity contribution in [2.45, 2.75) is 6.37 Å². The van der Waals surface area contributed by atoms with Crippen LogP contribution in [-0.2, 0) is 6.37 Å². The first kappa shape index (κ1) is 3.26. The van der Waals surface area contributed by atoms with Crippen molar-refractivity contribution in [3.63, 3.8) is 0 Å². The Morgan fingerprint density at radius 1 is 1.50 bits per heavy atom. The third-order valence-electron chi connectivity index (χ3n) is 2.07. The lowest BCUT2D eigenvalue weighted by Crippen LogP contribution is -2.14. The van der Waals surface area contributed by atoms with Crippen LogP contribution in [0.3, 0.4) is 0 Å². The number of ether oxygens (including phenoxy) is 1. The summed E-state index contributed by atoms with van der Waals surface area (Å²) in [5.74, 6) is -0.154. The number of rotatable bonds is 4. The van der Waals surface area contributed by atoms with E-state index in [9.17, 15) is 0 Å². The second kappa shape index (κ2) is 4.58. The Labute approximate surface area is 114 Å². The molecular formula is C13H18N2O. The Bertz CT molecular complexity index is 863. The highest BCUT2D eigenvalue weighted by Crippen LogP contribution is 2.23. The van der Waals surface area contributed by atoms with E-state index >= 15 is 0 Å². The minimum Gasteiger partial charge on any atom is -0.497 e. The molecule has 0 atom stereocenters. The Morgan fingerprint density at radius 2 is 2.44 bits per heavy atom. The van der Waals surface area contributed by atoms with Crippen LogP contribution in [0.25, 0.3) is 10.9 Å². The van der Waals surface area contributed by atoms with E-state index in [0.717, 1.165) is 12.3 Å². The van der Waals surface area contributed by atoms with Crippen LogP contribution in [0.15, 0.2) is 24.4 Å². The van der Waals surface area contributed by atoms with Crippen LogP contribution in [-0.4, -0.2) is 37.4 Å². The van der Waals surface area contributed by atoms with Gasteiger partial charge in [-0.25, -0.2) is 0 Å². The molecule has 3 heteroatoms. The van der Waals surface area contributed by atoms with Crippen LogP contribution < -0.4 is 4.74 Å². The number of fused-ring (bicyclic) bond motifs is 1. The number of nitrogens with one attached hydrogen (secondary N) is 1. The molecule has 0 aliphatic carbocycles. The minimum absolute atomic E-state index is 0.0108. The number of nitrogens with zero attached hydrogens (tertiary/aromatic N) is 1. The fourth-order valence-corrected chi connectivity index (χ4v) is 1.38. The molecule has 0 amide bonds. The quantitative estimate of drug-likeness (QED) is 0.874. The largest absolute Gasteiger partial charge is 0.497 e. The summed E-state index contributed by atoms with van der Waals surface area (Å²) in [6, 6.07) is 3.82. The molecule has 0 unspecified atom stereocenters. The number of likely N-dealkylation sites (N-methyl/N-ethyl adjacent to an activating group) is 1. The van der Waals surface area contributed by atoms with Crippen molar-refractivity contribution < 1.29 is 22.6 Å². The van der Waals surface area contributed by atoms with Gasteiger partial charge in [0.25, 0.3) is 0 Å². The van der Waals surface area contributed by atoms with Crippen molar-refractivity contribution in [2.75, 3.05) is 27.5 Å². The number of hydrogen-bond donors (Lipinski definition) is 1. The van der Waals surface area contributed by atoms with Crippen molar-refractivity contribution >= 4 is 10.9 Å². The van der Waals surface area contributed by atoms with E-state index in [4.69, 9.17) is 22.6 Å². The molecule has 0 radical (unpaired) electrons. The fourth-order valence-electron chi connectivity index (χ4n) is 1.38. The van der Waals surface area contributed by atoms with E-state index in [2.05, 4.69) is 4.98 Å². The standard InChI is InChI=1S/C13H18N2O/c1-15(2)7-6-10-9-14-13-5-4-11(16-3)8-12(10)13/h4-5,8-9,14H,6-7H2,1-3H3/i1D3,2D3,3D3,6D2,7D2. The third kappa shape index (κ3) is 2.19. The summed E-state index contributed by atoms with van der Waals surface area (Å²) < 4.78 is 103. The zero-order valence-corrected chi connectivity index (χ0v) is 8.16. The van der Waals surface area contributed by atoms with Crippen LogP contribution in [0.5, 0.6) is 5.75 Å². The summed E-state index contributed by atoms with van der Waals surface area (Å²) in [7, 11) is -2.78. The van der Waals surface area contributed by atoms with Gasteiger partial charge < -0.3 is 14.6 Å². The SMILES string of the molecule is [2H]C([2H])([2H])Oc1ccc2[nH]cc(C([2H])([2H])C([2H])([2H])N(C([2H])([2H])[2H])C([2H])([2H])[2H])c2c1. The number of aromatic amines is 1. The Balaban J connectivity index is 2.64. The molecule has 3 nitrogen and oxygen atoms in total. The van der Waals surface area contributed by atoms with E-state index in [1.807, 2.05) is 0 Å². The summed E-state index contributed by atoms with van der Waals surface area (Å²) in [5.41, 5.74) is -0.112. The molecule has 1 aromatic carbocycles. The smallest absolute Gasteiger partial charge is 0.119 e. The molecule has 0 aliphatic heterocycles. The minimum atomic E-state index is -3.50. The zero-order chi connectivity index (χ0) is 22.6. The van der Waals surface area contributed by atoms with Crippen molar-refractivity contribution in [3.05, 3.63) is 30.0 Å². The van der Waals surface area contributed by atoms with Crippen molar-refractivity contribution in [1.82, 2.24) is 9.88 Å². The molecule has 0 bridgehead atoms. The van der Waals surface area contributed by atoms with Gasteiger partial charge in [-0.15, -0.1) is 0 Å². The molecule has 0 spiro atoms. The summed E-state index contributed by atoms with van der Waals surface area (Å²) >= 11 is 0. The summed E-state index contributed by atoms with van der Waals surface area (Å²) in [6.45, 7) is -10.4. The van der Waals surface area contributed by atoms with Crippen molar-refractivity contribution in [2.24, 2.45) is 0 Å². The maximum atomic E-state index is 8.29. The lowest BCUT2D eigenvalue weighted by Gasteiger charge is -2.08.